The van der Waals surface area contributed by atoms with Crippen LogP contribution in [0.1, 0.15) is 146 Å². The maximum atomic E-state index is 11.6. The van der Waals surface area contributed by atoms with E-state index in [1.165, 1.54) is 64.2 Å². The number of amides is 1. The summed E-state index contributed by atoms with van der Waals surface area (Å²) in [5, 5.41) is 57.9. The van der Waals surface area contributed by atoms with Crippen LogP contribution in [0, 0.1) is 56.1 Å². The van der Waals surface area contributed by atoms with E-state index < -0.39 is 30.1 Å². The van der Waals surface area contributed by atoms with Crippen LogP contribution >= 0.6 is 0 Å². The van der Waals surface area contributed by atoms with Gasteiger partial charge >= 0.3 is 0 Å². The Balaban J connectivity index is 0.000000126. The van der Waals surface area contributed by atoms with Crippen molar-refractivity contribution in [2.75, 3.05) is 51.4 Å². The van der Waals surface area contributed by atoms with Crippen LogP contribution in [0.5, 0.6) is 0 Å². The lowest BCUT2D eigenvalue weighted by atomic mass is 9.96. The lowest BCUT2D eigenvalue weighted by molar-refractivity contribution is -0.105. The van der Waals surface area contributed by atoms with E-state index >= 15 is 0 Å². The topological polar surface area (TPSA) is 434 Å². The third kappa shape index (κ3) is 20.1. The third-order valence-corrected chi connectivity index (χ3v) is 23.7. The molecule has 4 atom stereocenters. The molecule has 1 amide bonds. The molecule has 38 nitrogen and oxygen atoms in total. The minimum absolute atomic E-state index is 0.00167. The molecule has 3 aliphatic rings. The van der Waals surface area contributed by atoms with E-state index in [0.717, 1.165) is 116 Å². The monoisotopic (exact) mass is 1720 g/mol. The number of anilines is 4. The zero-order chi connectivity index (χ0) is 86.7. The molecule has 4 unspecified atom stereocenters. The van der Waals surface area contributed by atoms with Crippen molar-refractivity contribution in [1.29, 1.82) is 5.26 Å². The van der Waals surface area contributed by atoms with Crippen molar-refractivity contribution >= 4 is 93.3 Å². The second-order valence-corrected chi connectivity index (χ2v) is 35.8. The molecule has 3 saturated carbocycles. The van der Waals surface area contributed by atoms with Crippen molar-refractivity contribution < 1.29 is 34.8 Å². The van der Waals surface area contributed by atoms with Gasteiger partial charge in [0.25, 0.3) is 17.8 Å². The van der Waals surface area contributed by atoms with Gasteiger partial charge in [-0.3, -0.25) is 38.1 Å². The minimum Gasteiger partial charge on any atom is -0.357 e. The number of ether oxygens (including phenoxy) is 1. The van der Waals surface area contributed by atoms with Gasteiger partial charge in [0.1, 0.15) is 29.4 Å². The first kappa shape index (κ1) is 85.8. The molecule has 15 aromatic rings. The number of nitriles is 1. The van der Waals surface area contributed by atoms with Crippen molar-refractivity contribution in [2.24, 2.45) is 17.8 Å². The van der Waals surface area contributed by atoms with E-state index in [2.05, 4.69) is 118 Å². The molecule has 41 heteroatoms. The van der Waals surface area contributed by atoms with Crippen LogP contribution in [0.2, 0.25) is 0 Å². The number of rotatable bonds is 25. The highest BCUT2D eigenvalue weighted by atomic mass is 32.2. The van der Waals surface area contributed by atoms with Gasteiger partial charge in [-0.2, -0.15) is 41.0 Å². The number of aromatic amines is 1. The molecule has 0 radical (unpaired) electrons. The van der Waals surface area contributed by atoms with E-state index in [-0.39, 0.29) is 36.2 Å². The Labute approximate surface area is 709 Å². The number of hydrogen-bond donors (Lipinski definition) is 5. The molecular weight excluding hydrogens is 1630 g/mol. The predicted molar refractivity (Wildman–Crippen MR) is 464 cm³/mol. The summed E-state index contributed by atoms with van der Waals surface area (Å²) in [6.45, 7) is 25.9. The summed E-state index contributed by atoms with van der Waals surface area (Å²) in [6, 6.07) is 22.0. The van der Waals surface area contributed by atoms with E-state index in [1.54, 1.807) is 86.3 Å². The Bertz CT molecular complexity index is 6730. The minimum atomic E-state index is -3.47. The van der Waals surface area contributed by atoms with E-state index in [1.807, 2.05) is 132 Å². The lowest BCUT2D eigenvalue weighted by Gasteiger charge is -2.22. The second kappa shape index (κ2) is 37.6. The van der Waals surface area contributed by atoms with Gasteiger partial charge in [0.2, 0.25) is 48.7 Å². The summed E-state index contributed by atoms with van der Waals surface area (Å²) < 4.78 is 97.1. The molecule has 15 aromatic heterocycles. The highest BCUT2D eigenvalue weighted by Crippen LogP contribution is 2.42. The van der Waals surface area contributed by atoms with Gasteiger partial charge in [0.05, 0.1) is 127 Å². The zero-order valence-corrected chi connectivity index (χ0v) is 71.5. The van der Waals surface area contributed by atoms with E-state index in [0.29, 0.717) is 78.2 Å². The summed E-state index contributed by atoms with van der Waals surface area (Å²) in [6.07, 6.45) is 46.5. The summed E-state index contributed by atoms with van der Waals surface area (Å²) in [4.78, 5) is 31.4. The fourth-order valence-corrected chi connectivity index (χ4v) is 17.7. The maximum absolute atomic E-state index is 11.6. The standard InChI is InChI=1S/C20H22N6O.C20H20N6.C18H24N6O2S.C14H18N6O3S.C10H10N6O2S/c1-14-6-7-19-20(17(22-13-27)11-24-26(14)19)16-10-23-25(12-16)18(8-9-21)15-4-2-3-5-15;1-14-8-9-18-20(17(22-3)11-24-26(14)18)16-10-23-25(13-16)19(12-21-2)15-6-4-5-7-15;1-3-15(13-7-4-5-8-13)24-12-14(11-19-24)17-16-9-6-10-23(16)21-18(20-17)22-27(2,25)26;1-4-23-10(2)20-9-11(8-15-20)13-12-6-5-7-19(12)17-14(16-13)18-24(3,21)22;1-19(17,18)15-10-13-9(7-5-11-12-6-7)8-3-2-4-16(8)14-10/h6-7,10-13,15,18H,2-5,8H2,1H3,(H,22,27);8-11,13,15,19H,4-7,12H2,1H3;6,9-13,15H,3-5,7-8H2,1-2H3,(H,21,22);5-10H,4H2,1-3H3,(H,17,18);2-6H,1H3,(H,11,12)(H,14,15). The molecule has 0 saturated heterocycles. The van der Waals surface area contributed by atoms with Crippen LogP contribution in [0.15, 0.2) is 154 Å². The molecule has 0 spiro atoms. The van der Waals surface area contributed by atoms with Crippen LogP contribution in [0.4, 0.5) is 29.2 Å². The number of carbonyl (C=O) groups is 1. The SMILES string of the molecule is CCC(C1CCCC1)n1cc(-c2nc(NS(C)(=O)=O)nn3cccc23)cn1.CCOC(C)n1cc(-c2nc(NS(C)(=O)=O)nn3cccc23)cn1.CS(=O)(=O)Nc1nc(-c2cn[nH]c2)c2cccn2n1.Cc1ccc2c(-c3cnn(C(CC#N)C4CCCC4)c3)c(NC=O)cnn12.[C-]#[N+]CC(C1CCCC1)n1cc(-c2c([N+]#[C-])cnn3c(C)ccc23)cn1. The van der Waals surface area contributed by atoms with Crippen molar-refractivity contribution in [1.82, 2.24) is 112 Å². The van der Waals surface area contributed by atoms with E-state index in [4.69, 9.17) is 17.9 Å². The zero-order valence-electron chi connectivity index (χ0n) is 69.0. The molecule has 0 bridgehead atoms. The Morgan fingerprint density at radius 3 is 1.41 bits per heavy atom. The average Bonchev–Trinajstić information content (AvgIpc) is 1.79. The van der Waals surface area contributed by atoms with Crippen LogP contribution < -0.4 is 19.5 Å². The summed E-state index contributed by atoms with van der Waals surface area (Å²) in [7, 11) is -10.4. The van der Waals surface area contributed by atoms with Gasteiger partial charge in [0.15, 0.2) is 0 Å². The van der Waals surface area contributed by atoms with E-state index in [9.17, 15) is 35.3 Å². The first-order valence-electron chi connectivity index (χ1n) is 40.3. The lowest BCUT2D eigenvalue weighted by Crippen LogP contribution is -2.20. The van der Waals surface area contributed by atoms with Crippen LogP contribution in [0.25, 0.3) is 93.3 Å². The second-order valence-electron chi connectivity index (χ2n) is 30.6. The number of aromatic nitrogens is 23. The average molecular weight is 1720 g/mol. The number of fused-ring (bicyclic) bond motifs is 5. The molecule has 0 aromatic carbocycles. The number of carbonyl (C=O) groups excluding carboxylic acids is 1. The van der Waals surface area contributed by atoms with Gasteiger partial charge in [-0.25, -0.2) is 78.9 Å². The predicted octanol–water partition coefficient (Wildman–Crippen LogP) is 13.5. The fourth-order valence-electron chi connectivity index (χ4n) is 16.5. The highest BCUT2D eigenvalue weighted by Gasteiger charge is 2.32. The number of H-pyrrole nitrogens is 1. The van der Waals surface area contributed by atoms with Crippen molar-refractivity contribution in [2.45, 2.75) is 149 Å². The van der Waals surface area contributed by atoms with Crippen molar-refractivity contribution in [3.8, 4) is 62.1 Å². The Hall–Kier alpha value is -13.6. The van der Waals surface area contributed by atoms with Crippen LogP contribution in [0.3, 0.4) is 0 Å². The van der Waals surface area contributed by atoms with Gasteiger partial charge in [-0.1, -0.05) is 45.4 Å². The Kier molecular flexibility index (Phi) is 26.2. The number of nitrogens with zero attached hydrogens (tertiary/aromatic N) is 25. The molecule has 638 valence electrons. The molecule has 5 N–H and O–H groups in total. The fraction of sp³-hybridized carbons (Fsp3) is 0.378. The number of nitrogens with one attached hydrogen (secondary N) is 5. The first-order chi connectivity index (χ1) is 59.3. The Morgan fingerprint density at radius 2 is 0.959 bits per heavy atom. The van der Waals surface area contributed by atoms with Crippen LogP contribution in [-0.4, -0.2) is 176 Å². The van der Waals surface area contributed by atoms with Gasteiger partial charge in [-0.05, 0) is 151 Å². The van der Waals surface area contributed by atoms with Crippen molar-refractivity contribution in [3.05, 3.63) is 188 Å². The van der Waals surface area contributed by atoms with Gasteiger partial charge in [0, 0.05) is 107 Å². The maximum Gasteiger partial charge on any atom is 0.255 e. The van der Waals surface area contributed by atoms with Gasteiger partial charge in [-0.15, -0.1) is 15.3 Å². The van der Waals surface area contributed by atoms with Crippen LogP contribution in [-0.2, 0) is 39.6 Å². The Morgan fingerprint density at radius 1 is 0.537 bits per heavy atom. The molecule has 0 aliphatic heterocycles. The third-order valence-electron chi connectivity index (χ3n) is 22.0. The molecule has 18 rings (SSSR count). The quantitative estimate of drug-likeness (QED) is 0.0262. The number of sulfonamides is 3. The van der Waals surface area contributed by atoms with Crippen molar-refractivity contribution in [3.63, 3.8) is 0 Å². The first-order valence-corrected chi connectivity index (χ1v) is 46.0. The summed E-state index contributed by atoms with van der Waals surface area (Å²) >= 11 is 0. The molecule has 15 heterocycles. The number of aryl methyl sites for hydroxylation is 2. The normalized spacial score (nSPS) is 14.9. The molecule has 3 fully saturated rings. The summed E-state index contributed by atoms with van der Waals surface area (Å²) in [5.41, 5.74) is 15.1. The largest absolute Gasteiger partial charge is 0.357 e. The highest BCUT2D eigenvalue weighted by molar-refractivity contribution is 7.92. The smallest absolute Gasteiger partial charge is 0.255 e. The molecular formula is C82H94N30O8S3. The summed E-state index contributed by atoms with van der Waals surface area (Å²) in [5.74, 6) is 1.75. The molecule has 3 aliphatic carbocycles. The molecule has 123 heavy (non-hydrogen) atoms. The van der Waals surface area contributed by atoms with Gasteiger partial charge < -0.3 is 14.9 Å². The number of hydrogen-bond acceptors (Lipinski definition) is 22.